The number of aryl methyl sites for hydroxylation is 1. The highest BCUT2D eigenvalue weighted by Gasteiger charge is 2.14. The molecule has 3 rings (SSSR count). The summed E-state index contributed by atoms with van der Waals surface area (Å²) in [7, 11) is 1.31. The standard InChI is InChI=1S/C23H27ClN4O4/c1-16-3-8-20(19(24)15-16)26-23(25-9-10-28-11-13-32-14-12-28)27-21(29)17-4-6-18(7-5-17)22(30)31-2/h3-8,15H,9-14H2,1-2H3,(H2,25,26,27,29). The van der Waals surface area contributed by atoms with E-state index in [1.165, 1.54) is 7.11 Å². The van der Waals surface area contributed by atoms with Gasteiger partial charge in [0.25, 0.3) is 5.91 Å². The van der Waals surface area contributed by atoms with Gasteiger partial charge in [0.2, 0.25) is 5.96 Å². The van der Waals surface area contributed by atoms with E-state index in [9.17, 15) is 9.59 Å². The van der Waals surface area contributed by atoms with E-state index < -0.39 is 5.97 Å². The molecule has 2 N–H and O–H groups in total. The van der Waals surface area contributed by atoms with Crippen molar-refractivity contribution in [2.75, 3.05) is 51.8 Å². The number of methoxy groups -OCH3 is 1. The number of hydrogen-bond donors (Lipinski definition) is 2. The van der Waals surface area contributed by atoms with Gasteiger partial charge in [0.05, 0.1) is 43.1 Å². The molecular weight excluding hydrogens is 432 g/mol. The van der Waals surface area contributed by atoms with Gasteiger partial charge in [0, 0.05) is 25.2 Å². The minimum atomic E-state index is -0.460. The van der Waals surface area contributed by atoms with Crippen molar-refractivity contribution < 1.29 is 19.1 Å². The number of esters is 1. The molecule has 8 nitrogen and oxygen atoms in total. The first-order valence-electron chi connectivity index (χ1n) is 10.3. The molecule has 1 aliphatic rings. The second-order valence-electron chi connectivity index (χ2n) is 7.32. The molecule has 1 amide bonds. The van der Waals surface area contributed by atoms with Crippen LogP contribution in [0.25, 0.3) is 0 Å². The third kappa shape index (κ3) is 6.78. The first-order chi connectivity index (χ1) is 15.5. The van der Waals surface area contributed by atoms with Gasteiger partial charge in [-0.3, -0.25) is 20.0 Å². The Labute approximate surface area is 192 Å². The molecule has 9 heteroatoms. The van der Waals surface area contributed by atoms with Crippen molar-refractivity contribution in [2.45, 2.75) is 6.92 Å². The van der Waals surface area contributed by atoms with Crippen molar-refractivity contribution in [3.63, 3.8) is 0 Å². The maximum atomic E-state index is 12.8. The van der Waals surface area contributed by atoms with E-state index in [-0.39, 0.29) is 5.91 Å². The zero-order valence-corrected chi connectivity index (χ0v) is 18.9. The normalized spacial score (nSPS) is 14.7. The molecule has 2 aromatic carbocycles. The fourth-order valence-corrected chi connectivity index (χ4v) is 3.42. The minimum absolute atomic E-state index is 0.297. The summed E-state index contributed by atoms with van der Waals surface area (Å²) in [5.41, 5.74) is 2.42. The molecule has 0 spiro atoms. The Morgan fingerprint density at radius 3 is 2.47 bits per heavy atom. The summed E-state index contributed by atoms with van der Waals surface area (Å²) in [5, 5.41) is 6.46. The molecule has 0 aliphatic carbocycles. The van der Waals surface area contributed by atoms with Gasteiger partial charge in [-0.25, -0.2) is 4.79 Å². The summed E-state index contributed by atoms with van der Waals surface area (Å²) < 4.78 is 10.1. The van der Waals surface area contributed by atoms with Crippen LogP contribution >= 0.6 is 11.6 Å². The third-order valence-electron chi connectivity index (χ3n) is 4.97. The van der Waals surface area contributed by atoms with E-state index in [0.717, 1.165) is 25.2 Å². The van der Waals surface area contributed by atoms with E-state index in [1.807, 2.05) is 25.1 Å². The second-order valence-corrected chi connectivity index (χ2v) is 7.72. The number of aliphatic imine (C=N–C) groups is 1. The molecule has 170 valence electrons. The van der Waals surface area contributed by atoms with Crippen LogP contribution in [0, 0.1) is 6.92 Å². The summed E-state index contributed by atoms with van der Waals surface area (Å²) in [6.45, 7) is 6.35. The molecule has 1 saturated heterocycles. The lowest BCUT2D eigenvalue weighted by molar-refractivity contribution is 0.0394. The number of guanidine groups is 1. The highest BCUT2D eigenvalue weighted by Crippen LogP contribution is 2.22. The second kappa shape index (κ2) is 11.6. The number of amides is 1. The number of anilines is 1. The molecule has 0 saturated carbocycles. The number of nitrogens with zero attached hydrogens (tertiary/aromatic N) is 2. The monoisotopic (exact) mass is 458 g/mol. The van der Waals surface area contributed by atoms with Crippen molar-refractivity contribution >= 4 is 35.1 Å². The van der Waals surface area contributed by atoms with E-state index in [2.05, 4.69) is 25.3 Å². The van der Waals surface area contributed by atoms with Crippen molar-refractivity contribution in [2.24, 2.45) is 4.99 Å². The van der Waals surface area contributed by atoms with Crippen LogP contribution in [0.1, 0.15) is 26.3 Å². The van der Waals surface area contributed by atoms with Crippen molar-refractivity contribution in [1.82, 2.24) is 10.2 Å². The minimum Gasteiger partial charge on any atom is -0.465 e. The van der Waals surface area contributed by atoms with E-state index >= 15 is 0 Å². The van der Waals surface area contributed by atoms with Gasteiger partial charge in [0.1, 0.15) is 0 Å². The highest BCUT2D eigenvalue weighted by molar-refractivity contribution is 6.34. The SMILES string of the molecule is COC(=O)c1ccc(C(=O)NC(=NCCN2CCOCC2)Nc2ccc(C)cc2Cl)cc1. The van der Waals surface area contributed by atoms with Gasteiger partial charge in [-0.1, -0.05) is 17.7 Å². The lowest BCUT2D eigenvalue weighted by atomic mass is 10.1. The molecular formula is C23H27ClN4O4. The topological polar surface area (TPSA) is 92.3 Å². The number of rotatable bonds is 6. The molecule has 0 bridgehead atoms. The van der Waals surface area contributed by atoms with Gasteiger partial charge < -0.3 is 14.8 Å². The number of benzene rings is 2. The Hall–Kier alpha value is -2.94. The average Bonchev–Trinajstić information content (AvgIpc) is 2.81. The van der Waals surface area contributed by atoms with Crippen LogP contribution in [0.4, 0.5) is 5.69 Å². The van der Waals surface area contributed by atoms with Crippen LogP contribution in [-0.2, 0) is 9.47 Å². The Bertz CT molecular complexity index is 972. The molecule has 1 heterocycles. The van der Waals surface area contributed by atoms with Gasteiger partial charge in [-0.15, -0.1) is 0 Å². The maximum Gasteiger partial charge on any atom is 0.337 e. The van der Waals surface area contributed by atoms with Gasteiger partial charge in [-0.05, 0) is 48.9 Å². The Morgan fingerprint density at radius 2 is 1.81 bits per heavy atom. The van der Waals surface area contributed by atoms with Crippen LogP contribution in [0.3, 0.4) is 0 Å². The summed E-state index contributed by atoms with van der Waals surface area (Å²) in [4.78, 5) is 31.2. The summed E-state index contributed by atoms with van der Waals surface area (Å²) in [6, 6.07) is 11.8. The average molecular weight is 459 g/mol. The molecule has 2 aromatic rings. The predicted molar refractivity (Wildman–Crippen MR) is 125 cm³/mol. The number of halogens is 1. The summed E-state index contributed by atoms with van der Waals surface area (Å²) in [5.74, 6) is -0.522. The maximum absolute atomic E-state index is 12.8. The van der Waals surface area contributed by atoms with E-state index in [1.54, 1.807) is 24.3 Å². The fraction of sp³-hybridized carbons (Fsp3) is 0.348. The van der Waals surface area contributed by atoms with Crippen LogP contribution in [0.2, 0.25) is 5.02 Å². The zero-order chi connectivity index (χ0) is 22.9. The molecule has 0 aromatic heterocycles. The van der Waals surface area contributed by atoms with Crippen molar-refractivity contribution in [1.29, 1.82) is 0 Å². The third-order valence-corrected chi connectivity index (χ3v) is 5.28. The molecule has 1 aliphatic heterocycles. The first kappa shape index (κ1) is 23.7. The number of nitrogens with one attached hydrogen (secondary N) is 2. The predicted octanol–water partition coefficient (Wildman–Crippen LogP) is 2.97. The van der Waals surface area contributed by atoms with E-state index in [4.69, 9.17) is 16.3 Å². The van der Waals surface area contributed by atoms with Crippen LogP contribution < -0.4 is 10.6 Å². The highest BCUT2D eigenvalue weighted by atomic mass is 35.5. The number of carbonyl (C=O) groups is 2. The summed E-state index contributed by atoms with van der Waals surface area (Å²) >= 11 is 6.35. The number of morpholine rings is 1. The van der Waals surface area contributed by atoms with Crippen LogP contribution in [0.5, 0.6) is 0 Å². The summed E-state index contributed by atoms with van der Waals surface area (Å²) in [6.07, 6.45) is 0. The van der Waals surface area contributed by atoms with Crippen LogP contribution in [0.15, 0.2) is 47.5 Å². The lowest BCUT2D eigenvalue weighted by Gasteiger charge is -2.25. The number of ether oxygens (including phenoxy) is 2. The number of carbonyl (C=O) groups excluding carboxylic acids is 2. The van der Waals surface area contributed by atoms with Gasteiger partial charge in [-0.2, -0.15) is 0 Å². The van der Waals surface area contributed by atoms with Gasteiger partial charge in [0.15, 0.2) is 0 Å². The van der Waals surface area contributed by atoms with Crippen molar-refractivity contribution in [3.05, 3.63) is 64.2 Å². The molecule has 0 atom stereocenters. The Balaban J connectivity index is 1.72. The molecule has 0 radical (unpaired) electrons. The Kier molecular flexibility index (Phi) is 8.61. The van der Waals surface area contributed by atoms with Crippen LogP contribution in [-0.4, -0.2) is 69.2 Å². The van der Waals surface area contributed by atoms with Gasteiger partial charge >= 0.3 is 5.97 Å². The molecule has 32 heavy (non-hydrogen) atoms. The quantitative estimate of drug-likeness (QED) is 0.393. The Morgan fingerprint density at radius 1 is 1.12 bits per heavy atom. The fourth-order valence-electron chi connectivity index (χ4n) is 3.14. The largest absolute Gasteiger partial charge is 0.465 e. The van der Waals surface area contributed by atoms with Crippen molar-refractivity contribution in [3.8, 4) is 0 Å². The first-order valence-corrected chi connectivity index (χ1v) is 10.7. The number of hydrogen-bond acceptors (Lipinski definition) is 6. The lowest BCUT2D eigenvalue weighted by Crippen LogP contribution is -2.39. The van der Waals surface area contributed by atoms with E-state index in [0.29, 0.717) is 47.6 Å². The molecule has 0 unspecified atom stereocenters. The smallest absolute Gasteiger partial charge is 0.337 e. The zero-order valence-electron chi connectivity index (χ0n) is 18.2. The molecule has 1 fully saturated rings.